The average molecular weight is 467 g/mol. The summed E-state index contributed by atoms with van der Waals surface area (Å²) in [6.07, 6.45) is -0.699. The molecule has 7 nitrogen and oxygen atoms in total. The van der Waals surface area contributed by atoms with Crippen LogP contribution in [0.5, 0.6) is 0 Å². The molecule has 2 aromatic carbocycles. The molecule has 0 aromatic heterocycles. The van der Waals surface area contributed by atoms with Gasteiger partial charge in [0.25, 0.3) is 0 Å². The lowest BCUT2D eigenvalue weighted by Gasteiger charge is -2.34. The normalized spacial score (nSPS) is 13.7. The fraction of sp³-hybridized carbons (Fsp3) is 0.444. The Morgan fingerprint density at radius 1 is 1.00 bits per heavy atom. The van der Waals surface area contributed by atoms with Crippen LogP contribution < -0.4 is 5.32 Å². The summed E-state index contributed by atoms with van der Waals surface area (Å²) < 4.78 is 5.62. The molecule has 0 saturated carbocycles. The standard InChI is InChI=1S/C27H34N2O5/c1-17(2)14-29(15-23(30)31)25(32)24(27(3,4)5)28-26(33)34-16-22-20-12-8-6-10-18(20)19-11-7-9-13-21(19)22/h6-13,17,22,24H,14-16H2,1-5H3,(H,28,33)(H,30,31)/t24-/m0/s1. The number of carboxylic acids is 1. The minimum atomic E-state index is -1.09. The van der Waals surface area contributed by atoms with Gasteiger partial charge in [0.1, 0.15) is 19.2 Å². The zero-order chi connectivity index (χ0) is 25.0. The van der Waals surface area contributed by atoms with E-state index in [1.807, 2.05) is 71.0 Å². The van der Waals surface area contributed by atoms with E-state index < -0.39 is 36.0 Å². The lowest BCUT2D eigenvalue weighted by molar-refractivity contribution is -0.147. The zero-order valence-electron chi connectivity index (χ0n) is 20.5. The number of rotatable bonds is 8. The topological polar surface area (TPSA) is 95.9 Å². The number of alkyl carbamates (subject to hydrolysis) is 1. The van der Waals surface area contributed by atoms with Crippen LogP contribution in [0.4, 0.5) is 4.79 Å². The van der Waals surface area contributed by atoms with E-state index >= 15 is 0 Å². The van der Waals surface area contributed by atoms with Gasteiger partial charge in [0.15, 0.2) is 0 Å². The van der Waals surface area contributed by atoms with Crippen LogP contribution in [0.1, 0.15) is 51.7 Å². The number of fused-ring (bicyclic) bond motifs is 3. The van der Waals surface area contributed by atoms with E-state index in [2.05, 4.69) is 17.4 Å². The minimum Gasteiger partial charge on any atom is -0.480 e. The van der Waals surface area contributed by atoms with Crippen molar-refractivity contribution in [1.82, 2.24) is 10.2 Å². The van der Waals surface area contributed by atoms with Crippen molar-refractivity contribution in [3.05, 3.63) is 59.7 Å². The number of carboxylic acid groups (broad SMARTS) is 1. The molecule has 0 spiro atoms. The second-order valence-electron chi connectivity index (χ2n) is 10.3. The summed E-state index contributed by atoms with van der Waals surface area (Å²) in [4.78, 5) is 38.7. The fourth-order valence-corrected chi connectivity index (χ4v) is 4.43. The molecular formula is C27H34N2O5. The fourth-order valence-electron chi connectivity index (χ4n) is 4.43. The van der Waals surface area contributed by atoms with Gasteiger partial charge in [-0.1, -0.05) is 83.1 Å². The van der Waals surface area contributed by atoms with Crippen molar-refractivity contribution < 1.29 is 24.2 Å². The number of amides is 2. The Morgan fingerprint density at radius 3 is 2.00 bits per heavy atom. The summed E-state index contributed by atoms with van der Waals surface area (Å²) in [5, 5.41) is 12.0. The van der Waals surface area contributed by atoms with Gasteiger partial charge in [0.05, 0.1) is 0 Å². The Bertz CT molecular complexity index is 1010. The van der Waals surface area contributed by atoms with Crippen LogP contribution in [0.15, 0.2) is 48.5 Å². The molecule has 34 heavy (non-hydrogen) atoms. The van der Waals surface area contributed by atoms with Crippen LogP contribution in [0, 0.1) is 11.3 Å². The summed E-state index contributed by atoms with van der Waals surface area (Å²) in [7, 11) is 0. The predicted molar refractivity (Wildman–Crippen MR) is 131 cm³/mol. The molecule has 0 saturated heterocycles. The third-order valence-electron chi connectivity index (χ3n) is 5.94. The van der Waals surface area contributed by atoms with Gasteiger partial charge in [-0.2, -0.15) is 0 Å². The Labute approximate surface area is 201 Å². The van der Waals surface area contributed by atoms with Gasteiger partial charge in [0, 0.05) is 12.5 Å². The maximum absolute atomic E-state index is 13.3. The smallest absolute Gasteiger partial charge is 0.407 e. The molecular weight excluding hydrogens is 432 g/mol. The average Bonchev–Trinajstić information content (AvgIpc) is 3.07. The Morgan fingerprint density at radius 2 is 1.53 bits per heavy atom. The monoisotopic (exact) mass is 466 g/mol. The first kappa shape index (κ1) is 25.3. The number of carbonyl (C=O) groups excluding carboxylic acids is 2. The van der Waals surface area contributed by atoms with Gasteiger partial charge < -0.3 is 20.1 Å². The molecule has 2 aromatic rings. The van der Waals surface area contributed by atoms with Crippen LogP contribution >= 0.6 is 0 Å². The van der Waals surface area contributed by atoms with Crippen LogP contribution in [-0.2, 0) is 14.3 Å². The number of carbonyl (C=O) groups is 3. The molecule has 0 radical (unpaired) electrons. The highest BCUT2D eigenvalue weighted by Gasteiger charge is 2.37. The molecule has 2 N–H and O–H groups in total. The van der Waals surface area contributed by atoms with Gasteiger partial charge in [-0.05, 0) is 33.6 Å². The summed E-state index contributed by atoms with van der Waals surface area (Å²) in [5.41, 5.74) is 3.82. The van der Waals surface area contributed by atoms with Crippen LogP contribution in [0.2, 0.25) is 0 Å². The van der Waals surface area contributed by atoms with Crippen molar-refractivity contribution >= 4 is 18.0 Å². The number of nitrogens with one attached hydrogen (secondary N) is 1. The molecule has 2 amide bonds. The summed E-state index contributed by atoms with van der Waals surface area (Å²) in [6, 6.07) is 15.2. The first-order valence-corrected chi connectivity index (χ1v) is 11.6. The van der Waals surface area contributed by atoms with Crippen molar-refractivity contribution in [3.63, 3.8) is 0 Å². The molecule has 3 rings (SSSR count). The van der Waals surface area contributed by atoms with Gasteiger partial charge >= 0.3 is 12.1 Å². The number of nitrogens with zero attached hydrogens (tertiary/aromatic N) is 1. The number of hydrogen-bond donors (Lipinski definition) is 2. The van der Waals surface area contributed by atoms with E-state index in [1.165, 1.54) is 4.90 Å². The van der Waals surface area contributed by atoms with E-state index in [1.54, 1.807) is 0 Å². The summed E-state index contributed by atoms with van der Waals surface area (Å²) in [6.45, 7) is 9.30. The van der Waals surface area contributed by atoms with E-state index in [4.69, 9.17) is 4.74 Å². The maximum Gasteiger partial charge on any atom is 0.407 e. The highest BCUT2D eigenvalue weighted by molar-refractivity contribution is 5.89. The highest BCUT2D eigenvalue weighted by Crippen LogP contribution is 2.44. The number of aliphatic carboxylic acids is 1. The van der Waals surface area contributed by atoms with Crippen LogP contribution in [0.25, 0.3) is 11.1 Å². The van der Waals surface area contributed by atoms with Gasteiger partial charge in [-0.3, -0.25) is 9.59 Å². The number of ether oxygens (including phenoxy) is 1. The van der Waals surface area contributed by atoms with Gasteiger partial charge in [-0.25, -0.2) is 4.79 Å². The van der Waals surface area contributed by atoms with Crippen molar-refractivity contribution in [3.8, 4) is 11.1 Å². The lowest BCUT2D eigenvalue weighted by atomic mass is 9.85. The molecule has 0 bridgehead atoms. The predicted octanol–water partition coefficient (Wildman–Crippen LogP) is 4.51. The molecule has 1 aliphatic rings. The quantitative estimate of drug-likeness (QED) is 0.597. The van der Waals surface area contributed by atoms with E-state index in [0.717, 1.165) is 22.3 Å². The molecule has 1 aliphatic carbocycles. The molecule has 0 aliphatic heterocycles. The Hall–Kier alpha value is -3.35. The second kappa shape index (κ2) is 10.3. The first-order valence-electron chi connectivity index (χ1n) is 11.6. The van der Waals surface area contributed by atoms with Crippen LogP contribution in [-0.4, -0.2) is 53.7 Å². The zero-order valence-corrected chi connectivity index (χ0v) is 20.5. The molecule has 1 atom stereocenters. The van der Waals surface area contributed by atoms with Gasteiger partial charge in [-0.15, -0.1) is 0 Å². The molecule has 0 unspecified atom stereocenters. The Kier molecular flexibility index (Phi) is 7.64. The van der Waals surface area contributed by atoms with Crippen molar-refractivity contribution in [2.45, 2.75) is 46.6 Å². The van der Waals surface area contributed by atoms with E-state index in [-0.39, 0.29) is 25.0 Å². The first-order chi connectivity index (χ1) is 16.0. The van der Waals surface area contributed by atoms with Crippen LogP contribution in [0.3, 0.4) is 0 Å². The van der Waals surface area contributed by atoms with Crippen molar-refractivity contribution in [1.29, 1.82) is 0 Å². The van der Waals surface area contributed by atoms with Crippen molar-refractivity contribution in [2.24, 2.45) is 11.3 Å². The second-order valence-corrected chi connectivity index (χ2v) is 10.3. The highest BCUT2D eigenvalue weighted by atomic mass is 16.5. The lowest BCUT2D eigenvalue weighted by Crippen LogP contribution is -2.56. The third kappa shape index (κ3) is 5.76. The van der Waals surface area contributed by atoms with Crippen molar-refractivity contribution in [2.75, 3.05) is 19.7 Å². The maximum atomic E-state index is 13.3. The van der Waals surface area contributed by atoms with Gasteiger partial charge in [0.2, 0.25) is 5.91 Å². The molecule has 0 heterocycles. The number of hydrogen-bond acceptors (Lipinski definition) is 4. The minimum absolute atomic E-state index is 0.0818. The van der Waals surface area contributed by atoms with E-state index in [0.29, 0.717) is 0 Å². The molecule has 182 valence electrons. The summed E-state index contributed by atoms with van der Waals surface area (Å²) in [5.74, 6) is -1.54. The van der Waals surface area contributed by atoms with E-state index in [9.17, 15) is 19.5 Å². The molecule has 7 heteroatoms. The Balaban J connectivity index is 1.74. The summed E-state index contributed by atoms with van der Waals surface area (Å²) >= 11 is 0. The largest absolute Gasteiger partial charge is 0.480 e. The molecule has 0 fully saturated rings. The number of benzene rings is 2. The SMILES string of the molecule is CC(C)CN(CC(=O)O)C(=O)[C@H](NC(=O)OCC1c2ccccc2-c2ccccc21)C(C)(C)C. The third-order valence-corrected chi connectivity index (χ3v) is 5.94.